The molecule has 8 nitrogen and oxygen atoms in total. The Morgan fingerprint density at radius 1 is 1.13 bits per heavy atom. The molecule has 206 valence electrons. The molecule has 2 aromatic carbocycles. The van der Waals surface area contributed by atoms with Crippen LogP contribution in [0.15, 0.2) is 47.4 Å². The highest BCUT2D eigenvalue weighted by Crippen LogP contribution is 2.36. The van der Waals surface area contributed by atoms with Gasteiger partial charge in [0.2, 0.25) is 0 Å². The summed E-state index contributed by atoms with van der Waals surface area (Å²) in [6.07, 6.45) is 3.81. The number of anilines is 2. The zero-order valence-electron chi connectivity index (χ0n) is 22.4. The average Bonchev–Trinajstić information content (AvgIpc) is 3.38. The number of fused-ring (bicyclic) bond motifs is 1. The zero-order valence-corrected chi connectivity index (χ0v) is 24.0. The number of hydrogen-bond acceptors (Lipinski definition) is 5. The summed E-state index contributed by atoms with van der Waals surface area (Å²) in [6.45, 7) is 8.69. The van der Waals surface area contributed by atoms with E-state index in [-0.39, 0.29) is 10.8 Å². The van der Waals surface area contributed by atoms with E-state index >= 15 is 0 Å². The van der Waals surface area contributed by atoms with Gasteiger partial charge in [-0.05, 0) is 86.8 Å². The fraction of sp³-hybridized carbons (Fsp3) is 0.345. The van der Waals surface area contributed by atoms with Gasteiger partial charge >= 0.3 is 0 Å². The number of carbonyl (C=O) groups is 1. The number of aromatic amines is 1. The predicted octanol–water partition coefficient (Wildman–Crippen LogP) is 4.87. The smallest absolute Gasteiger partial charge is 0.264 e. The van der Waals surface area contributed by atoms with E-state index in [4.69, 9.17) is 16.3 Å². The molecule has 2 aliphatic rings. The van der Waals surface area contributed by atoms with Crippen LogP contribution in [0, 0.1) is 13.8 Å². The second kappa shape index (κ2) is 11.2. The summed E-state index contributed by atoms with van der Waals surface area (Å²) < 4.78 is 33.5. The van der Waals surface area contributed by atoms with Gasteiger partial charge in [0.25, 0.3) is 15.9 Å². The molecule has 0 unspecified atom stereocenters. The first-order valence-electron chi connectivity index (χ1n) is 13.1. The number of aryl methyl sites for hydroxylation is 1. The quantitative estimate of drug-likeness (QED) is 0.378. The number of rotatable bonds is 8. The predicted molar refractivity (Wildman–Crippen MR) is 156 cm³/mol. The van der Waals surface area contributed by atoms with Crippen molar-refractivity contribution in [2.75, 3.05) is 49.5 Å². The third-order valence-corrected chi connectivity index (χ3v) is 9.55. The number of nitrogens with one attached hydrogen (secondary N) is 2. The van der Waals surface area contributed by atoms with Crippen LogP contribution in [0.1, 0.15) is 34.5 Å². The summed E-state index contributed by atoms with van der Waals surface area (Å²) in [7, 11) is -2.40. The van der Waals surface area contributed by atoms with Crippen molar-refractivity contribution >= 4 is 50.6 Å². The lowest BCUT2D eigenvalue weighted by Gasteiger charge is -2.26. The van der Waals surface area contributed by atoms with Crippen molar-refractivity contribution in [1.82, 2.24) is 9.88 Å². The Morgan fingerprint density at radius 2 is 1.90 bits per heavy atom. The molecule has 0 radical (unpaired) electrons. The highest BCUT2D eigenvalue weighted by atomic mass is 35.5. The Kier molecular flexibility index (Phi) is 7.87. The number of H-pyrrole nitrogens is 1. The highest BCUT2D eigenvalue weighted by Gasteiger charge is 2.29. The first kappa shape index (κ1) is 27.5. The number of aromatic nitrogens is 1. The topological polar surface area (TPSA) is 94.7 Å². The zero-order chi connectivity index (χ0) is 27.7. The van der Waals surface area contributed by atoms with Crippen LogP contribution < -0.4 is 9.62 Å². The maximum absolute atomic E-state index is 13.4. The number of morpholine rings is 1. The summed E-state index contributed by atoms with van der Waals surface area (Å²) in [5.41, 5.74) is 6.32. The number of ether oxygens (including phenoxy) is 1. The van der Waals surface area contributed by atoms with Gasteiger partial charge in [0, 0.05) is 47.8 Å². The van der Waals surface area contributed by atoms with Crippen molar-refractivity contribution in [1.29, 1.82) is 0 Å². The van der Waals surface area contributed by atoms with Gasteiger partial charge in [-0.25, -0.2) is 8.42 Å². The normalized spacial score (nSPS) is 16.9. The van der Waals surface area contributed by atoms with E-state index < -0.39 is 10.0 Å². The molecule has 1 saturated heterocycles. The van der Waals surface area contributed by atoms with Crippen LogP contribution in [0.25, 0.3) is 11.6 Å². The molecule has 0 spiro atoms. The van der Waals surface area contributed by atoms with Gasteiger partial charge in [0.15, 0.2) is 0 Å². The summed E-state index contributed by atoms with van der Waals surface area (Å²) in [4.78, 5) is 18.9. The summed E-state index contributed by atoms with van der Waals surface area (Å²) in [6, 6.07) is 11.4. The van der Waals surface area contributed by atoms with Gasteiger partial charge in [-0.15, -0.1) is 0 Å². The molecule has 39 heavy (non-hydrogen) atoms. The molecule has 2 N–H and O–H groups in total. The van der Waals surface area contributed by atoms with E-state index in [1.54, 1.807) is 36.4 Å². The molecule has 5 rings (SSSR count). The number of amides is 1. The lowest BCUT2D eigenvalue weighted by molar-refractivity contribution is -0.110. The van der Waals surface area contributed by atoms with Crippen LogP contribution in [-0.2, 0) is 26.0 Å². The Hall–Kier alpha value is -3.11. The van der Waals surface area contributed by atoms with Crippen molar-refractivity contribution in [3.63, 3.8) is 0 Å². The molecule has 0 bridgehead atoms. The third kappa shape index (κ3) is 5.63. The summed E-state index contributed by atoms with van der Waals surface area (Å²) >= 11 is 6.08. The average molecular weight is 569 g/mol. The van der Waals surface area contributed by atoms with Gasteiger partial charge in [-0.1, -0.05) is 17.7 Å². The molecule has 1 amide bonds. The number of sulfonamides is 1. The molecule has 1 aromatic heterocycles. The van der Waals surface area contributed by atoms with E-state index in [0.29, 0.717) is 27.5 Å². The Labute approximate surface area is 234 Å². The van der Waals surface area contributed by atoms with Crippen molar-refractivity contribution in [3.8, 4) is 0 Å². The van der Waals surface area contributed by atoms with E-state index in [9.17, 15) is 13.2 Å². The fourth-order valence-electron chi connectivity index (χ4n) is 5.22. The molecule has 3 heterocycles. The van der Waals surface area contributed by atoms with Crippen molar-refractivity contribution in [2.24, 2.45) is 0 Å². The molecular weight excluding hydrogens is 536 g/mol. The van der Waals surface area contributed by atoms with E-state index in [0.717, 1.165) is 62.6 Å². The number of nitrogens with zero attached hydrogens (tertiary/aromatic N) is 2. The molecular formula is C29H33ClN4O4S. The summed E-state index contributed by atoms with van der Waals surface area (Å²) in [5.74, 6) is -0.261. The standard InChI is InChI=1S/C29H33ClN4O4S/c1-19-24(8-5-11-34-12-14-38-15-13-34)20(2)31-28(19)18-26-25-17-23(9-10-27(25)32-29(26)35)39(36,37)33(3)22-7-4-6-21(30)16-22/h4,6-7,9-10,16-18,31H,5,8,11-15H2,1-3H3,(H,32,35). The van der Waals surface area contributed by atoms with Crippen LogP contribution in [0.3, 0.4) is 0 Å². The van der Waals surface area contributed by atoms with Gasteiger partial charge in [-0.2, -0.15) is 0 Å². The first-order valence-corrected chi connectivity index (χ1v) is 14.9. The van der Waals surface area contributed by atoms with Crippen LogP contribution in [0.5, 0.6) is 0 Å². The molecule has 0 saturated carbocycles. The van der Waals surface area contributed by atoms with Crippen LogP contribution >= 0.6 is 11.6 Å². The molecule has 3 aromatic rings. The van der Waals surface area contributed by atoms with Crippen LogP contribution in [-0.4, -0.2) is 64.1 Å². The number of halogens is 1. The van der Waals surface area contributed by atoms with E-state index in [1.807, 2.05) is 6.08 Å². The van der Waals surface area contributed by atoms with Crippen molar-refractivity contribution in [3.05, 3.63) is 75.6 Å². The number of carbonyl (C=O) groups excluding carboxylic acids is 1. The van der Waals surface area contributed by atoms with E-state index in [2.05, 4.69) is 29.0 Å². The second-order valence-electron chi connectivity index (χ2n) is 10.00. The maximum atomic E-state index is 13.4. The minimum absolute atomic E-state index is 0.0920. The lowest BCUT2D eigenvalue weighted by atomic mass is 10.0. The minimum atomic E-state index is -3.89. The van der Waals surface area contributed by atoms with Crippen LogP contribution in [0.4, 0.5) is 11.4 Å². The number of benzene rings is 2. The highest BCUT2D eigenvalue weighted by molar-refractivity contribution is 7.92. The molecule has 0 aliphatic carbocycles. The molecule has 0 atom stereocenters. The van der Waals surface area contributed by atoms with Crippen molar-refractivity contribution < 1.29 is 17.9 Å². The molecule has 1 fully saturated rings. The monoisotopic (exact) mass is 568 g/mol. The van der Waals surface area contributed by atoms with Gasteiger partial charge in [-0.3, -0.25) is 14.0 Å². The third-order valence-electron chi connectivity index (χ3n) is 7.53. The summed E-state index contributed by atoms with van der Waals surface area (Å²) in [5, 5.41) is 3.31. The largest absolute Gasteiger partial charge is 0.379 e. The Bertz CT molecular complexity index is 1540. The van der Waals surface area contributed by atoms with Gasteiger partial charge in [0.1, 0.15) is 0 Å². The minimum Gasteiger partial charge on any atom is -0.379 e. The van der Waals surface area contributed by atoms with E-state index in [1.165, 1.54) is 23.0 Å². The number of hydrogen-bond donors (Lipinski definition) is 2. The molecule has 2 aliphatic heterocycles. The Morgan fingerprint density at radius 3 is 2.64 bits per heavy atom. The molecule has 10 heteroatoms. The Balaban J connectivity index is 1.40. The van der Waals surface area contributed by atoms with Crippen LogP contribution in [0.2, 0.25) is 5.02 Å². The first-order chi connectivity index (χ1) is 18.6. The maximum Gasteiger partial charge on any atom is 0.264 e. The SMILES string of the molecule is Cc1[nH]c(C=C2C(=O)Nc3ccc(S(=O)(=O)N(C)c4cccc(Cl)c4)cc32)c(C)c1CCCN1CCOCC1. The fourth-order valence-corrected chi connectivity index (χ4v) is 6.62. The van der Waals surface area contributed by atoms with Gasteiger partial charge < -0.3 is 15.0 Å². The second-order valence-corrected chi connectivity index (χ2v) is 12.4. The van der Waals surface area contributed by atoms with Crippen molar-refractivity contribution in [2.45, 2.75) is 31.6 Å². The van der Waals surface area contributed by atoms with Gasteiger partial charge in [0.05, 0.1) is 29.4 Å². The lowest BCUT2D eigenvalue weighted by Crippen LogP contribution is -2.36.